The van der Waals surface area contributed by atoms with Gasteiger partial charge in [0.2, 0.25) is 0 Å². The number of benzene rings is 1. The summed E-state index contributed by atoms with van der Waals surface area (Å²) in [5.41, 5.74) is 1.08. The topological polar surface area (TPSA) is 12.5 Å². The lowest BCUT2D eigenvalue weighted by molar-refractivity contribution is 0.144. The number of ether oxygens (including phenoxy) is 1. The van der Waals surface area contributed by atoms with E-state index in [-0.39, 0.29) is 0 Å². The van der Waals surface area contributed by atoms with Crippen LogP contribution in [0.25, 0.3) is 0 Å². The van der Waals surface area contributed by atoms with Crippen molar-refractivity contribution in [1.82, 2.24) is 0 Å². The van der Waals surface area contributed by atoms with Crippen molar-refractivity contribution in [3.8, 4) is 0 Å². The number of hydrogen-bond acceptors (Lipinski definition) is 2. The lowest BCUT2D eigenvalue weighted by Crippen LogP contribution is -2.31. The summed E-state index contributed by atoms with van der Waals surface area (Å²) in [6.07, 6.45) is 6.47. The third-order valence-corrected chi connectivity index (χ3v) is 3.61. The van der Waals surface area contributed by atoms with Crippen molar-refractivity contribution in [2.45, 2.75) is 38.2 Å². The monoisotopic (exact) mass is 249 g/mol. The minimum Gasteiger partial charge on any atom is -0.467 e. The third-order valence-electron chi connectivity index (χ3n) is 3.24. The molecule has 92 valence electrons. The third kappa shape index (κ3) is 3.43. The number of nitrogens with zero attached hydrogens (tertiary/aromatic N) is 1. The Morgan fingerprint density at radius 1 is 1.18 bits per heavy atom. The Hall–Kier alpha value is -1.09. The molecule has 1 fully saturated rings. The maximum absolute atomic E-state index is 5.86. The van der Waals surface area contributed by atoms with Crippen LogP contribution in [0.5, 0.6) is 0 Å². The van der Waals surface area contributed by atoms with E-state index in [0.29, 0.717) is 11.3 Å². The SMILES string of the molecule is CN(C(=S)OC1CCCCC1)c1ccccc1. The summed E-state index contributed by atoms with van der Waals surface area (Å²) < 4.78 is 5.86. The van der Waals surface area contributed by atoms with E-state index in [4.69, 9.17) is 17.0 Å². The summed E-state index contributed by atoms with van der Waals surface area (Å²) in [4.78, 5) is 1.93. The molecule has 0 N–H and O–H groups in total. The first-order valence-corrected chi connectivity index (χ1v) is 6.67. The Morgan fingerprint density at radius 3 is 2.47 bits per heavy atom. The van der Waals surface area contributed by atoms with Gasteiger partial charge in [-0.25, -0.2) is 0 Å². The van der Waals surface area contributed by atoms with E-state index in [1.54, 1.807) is 0 Å². The van der Waals surface area contributed by atoms with E-state index >= 15 is 0 Å². The number of anilines is 1. The van der Waals surface area contributed by atoms with Crippen molar-refractivity contribution in [2.75, 3.05) is 11.9 Å². The lowest BCUT2D eigenvalue weighted by atomic mass is 9.98. The fraction of sp³-hybridized carbons (Fsp3) is 0.500. The van der Waals surface area contributed by atoms with Crippen LogP contribution in [-0.4, -0.2) is 18.3 Å². The Balaban J connectivity index is 1.91. The average molecular weight is 249 g/mol. The van der Waals surface area contributed by atoms with Gasteiger partial charge in [0.15, 0.2) is 0 Å². The highest BCUT2D eigenvalue weighted by molar-refractivity contribution is 7.80. The van der Waals surface area contributed by atoms with Gasteiger partial charge in [0.25, 0.3) is 5.17 Å². The summed E-state index contributed by atoms with van der Waals surface area (Å²) in [5, 5.41) is 0.586. The first-order valence-electron chi connectivity index (χ1n) is 6.27. The van der Waals surface area contributed by atoms with Gasteiger partial charge in [0.05, 0.1) is 0 Å². The molecule has 1 aliphatic rings. The number of para-hydroxylation sites is 1. The van der Waals surface area contributed by atoms with Crippen LogP contribution in [0.1, 0.15) is 32.1 Å². The van der Waals surface area contributed by atoms with Crippen molar-refractivity contribution >= 4 is 23.1 Å². The maximum Gasteiger partial charge on any atom is 0.263 e. The van der Waals surface area contributed by atoms with Crippen molar-refractivity contribution in [2.24, 2.45) is 0 Å². The quantitative estimate of drug-likeness (QED) is 0.741. The highest BCUT2D eigenvalue weighted by atomic mass is 32.1. The van der Waals surface area contributed by atoms with Gasteiger partial charge in [-0.3, -0.25) is 0 Å². The second-order valence-electron chi connectivity index (χ2n) is 4.54. The van der Waals surface area contributed by atoms with Gasteiger partial charge in [0, 0.05) is 12.7 Å². The highest BCUT2D eigenvalue weighted by Gasteiger charge is 2.18. The molecule has 2 nitrogen and oxygen atoms in total. The molecule has 1 aromatic carbocycles. The second kappa shape index (κ2) is 6.01. The lowest BCUT2D eigenvalue weighted by Gasteiger charge is -2.27. The molecule has 0 saturated heterocycles. The Morgan fingerprint density at radius 2 is 1.82 bits per heavy atom. The van der Waals surface area contributed by atoms with Crippen molar-refractivity contribution < 1.29 is 4.74 Å². The summed E-state index contributed by atoms with van der Waals surface area (Å²) in [6, 6.07) is 10.1. The van der Waals surface area contributed by atoms with E-state index in [9.17, 15) is 0 Å². The Labute approximate surface area is 109 Å². The summed E-state index contributed by atoms with van der Waals surface area (Å²) in [6.45, 7) is 0. The zero-order chi connectivity index (χ0) is 12.1. The van der Waals surface area contributed by atoms with Gasteiger partial charge in [-0.2, -0.15) is 0 Å². The summed E-state index contributed by atoms with van der Waals surface area (Å²) in [5.74, 6) is 0. The summed E-state index contributed by atoms with van der Waals surface area (Å²) >= 11 is 5.34. The predicted molar refractivity (Wildman–Crippen MR) is 75.4 cm³/mol. The first kappa shape index (κ1) is 12.4. The van der Waals surface area contributed by atoms with Gasteiger partial charge in [-0.05, 0) is 50.0 Å². The molecule has 17 heavy (non-hydrogen) atoms. The molecule has 0 radical (unpaired) electrons. The smallest absolute Gasteiger partial charge is 0.263 e. The van der Waals surface area contributed by atoms with E-state index in [0.717, 1.165) is 18.5 Å². The minimum atomic E-state index is 0.322. The predicted octanol–water partition coefficient (Wildman–Crippen LogP) is 3.76. The fourth-order valence-electron chi connectivity index (χ4n) is 2.16. The van der Waals surface area contributed by atoms with Crippen molar-refractivity contribution in [1.29, 1.82) is 0 Å². The molecule has 0 unspecified atom stereocenters. The van der Waals surface area contributed by atoms with Crippen LogP contribution in [0.15, 0.2) is 30.3 Å². The van der Waals surface area contributed by atoms with Crippen molar-refractivity contribution in [3.63, 3.8) is 0 Å². The van der Waals surface area contributed by atoms with E-state index < -0.39 is 0 Å². The molecule has 1 saturated carbocycles. The van der Waals surface area contributed by atoms with E-state index in [1.807, 2.05) is 42.3 Å². The first-order chi connectivity index (χ1) is 8.27. The van der Waals surface area contributed by atoms with Crippen LogP contribution in [0, 0.1) is 0 Å². The molecule has 3 heteroatoms. The standard InChI is InChI=1S/C14H19NOS/c1-15(12-8-4-2-5-9-12)14(17)16-13-10-6-3-7-11-13/h2,4-5,8-9,13H,3,6-7,10-11H2,1H3. The molecule has 0 bridgehead atoms. The van der Waals surface area contributed by atoms with Crippen molar-refractivity contribution in [3.05, 3.63) is 30.3 Å². The molecule has 0 atom stereocenters. The largest absolute Gasteiger partial charge is 0.467 e. The molecule has 2 rings (SSSR count). The van der Waals surface area contributed by atoms with Crippen LogP contribution in [0.4, 0.5) is 5.69 Å². The molecular weight excluding hydrogens is 230 g/mol. The van der Waals surface area contributed by atoms with Gasteiger partial charge < -0.3 is 9.64 Å². The minimum absolute atomic E-state index is 0.322. The van der Waals surface area contributed by atoms with Crippen LogP contribution < -0.4 is 4.90 Å². The zero-order valence-corrected chi connectivity index (χ0v) is 11.1. The fourth-order valence-corrected chi connectivity index (χ4v) is 2.40. The Kier molecular flexibility index (Phi) is 4.37. The molecule has 0 amide bonds. The van der Waals surface area contributed by atoms with E-state index in [1.165, 1.54) is 19.3 Å². The number of hydrogen-bond donors (Lipinski definition) is 0. The van der Waals surface area contributed by atoms with Crippen LogP contribution in [0.2, 0.25) is 0 Å². The van der Waals surface area contributed by atoms with E-state index in [2.05, 4.69) is 0 Å². The number of thiocarbonyl (C=S) groups is 1. The molecular formula is C14H19NOS. The normalized spacial score (nSPS) is 16.5. The molecule has 0 heterocycles. The number of rotatable bonds is 2. The Bertz CT molecular complexity index is 360. The molecule has 1 aromatic rings. The summed E-state index contributed by atoms with van der Waals surface area (Å²) in [7, 11) is 1.96. The second-order valence-corrected chi connectivity index (χ2v) is 4.89. The van der Waals surface area contributed by atoms with Gasteiger partial charge >= 0.3 is 0 Å². The van der Waals surface area contributed by atoms with Crippen LogP contribution in [-0.2, 0) is 4.74 Å². The molecule has 0 spiro atoms. The molecule has 1 aliphatic carbocycles. The van der Waals surface area contributed by atoms with Crippen LogP contribution in [0.3, 0.4) is 0 Å². The highest BCUT2D eigenvalue weighted by Crippen LogP contribution is 2.22. The van der Waals surface area contributed by atoms with Gasteiger partial charge in [-0.15, -0.1) is 0 Å². The van der Waals surface area contributed by atoms with Crippen LogP contribution >= 0.6 is 12.2 Å². The molecule has 0 aromatic heterocycles. The average Bonchev–Trinajstić information content (AvgIpc) is 2.40. The van der Waals surface area contributed by atoms with Gasteiger partial charge in [0.1, 0.15) is 6.10 Å². The zero-order valence-electron chi connectivity index (χ0n) is 10.3. The molecule has 0 aliphatic heterocycles. The van der Waals surface area contributed by atoms with Gasteiger partial charge in [-0.1, -0.05) is 24.6 Å². The maximum atomic E-state index is 5.86.